The van der Waals surface area contributed by atoms with E-state index in [-0.39, 0.29) is 38.8 Å². The van der Waals surface area contributed by atoms with Gasteiger partial charge in [0.1, 0.15) is 16.8 Å². The zero-order valence-electron chi connectivity index (χ0n) is 24.9. The summed E-state index contributed by atoms with van der Waals surface area (Å²) in [4.78, 5) is 36.8. The summed E-state index contributed by atoms with van der Waals surface area (Å²) < 4.78 is 29.8. The van der Waals surface area contributed by atoms with Crippen LogP contribution < -0.4 is 22.3 Å². The molecule has 1 amide bonds. The molecule has 2 atom stereocenters. The number of amides is 1. The predicted octanol–water partition coefficient (Wildman–Crippen LogP) is 1.71. The van der Waals surface area contributed by atoms with Crippen LogP contribution >= 0.6 is 0 Å². The summed E-state index contributed by atoms with van der Waals surface area (Å²) in [6.07, 6.45) is 4.49. The predicted molar refractivity (Wildman–Crippen MR) is 171 cm³/mol. The molecular formula is C31H28N10O4S. The van der Waals surface area contributed by atoms with Gasteiger partial charge in [-0.3, -0.25) is 18.8 Å². The van der Waals surface area contributed by atoms with Crippen LogP contribution in [0.5, 0.6) is 0 Å². The Kier molecular flexibility index (Phi) is 7.60. The van der Waals surface area contributed by atoms with Gasteiger partial charge in [0.2, 0.25) is 9.84 Å². The number of aromatic nitrogens is 7. The Morgan fingerprint density at radius 1 is 1.02 bits per heavy atom. The molecule has 232 valence electrons. The number of aryl methyl sites for hydroxylation is 1. The number of anilines is 1. The number of para-hydroxylation sites is 1. The fourth-order valence-corrected chi connectivity index (χ4v) is 6.26. The Hall–Kier alpha value is -5.85. The fourth-order valence-electron chi connectivity index (χ4n) is 5.08. The zero-order valence-corrected chi connectivity index (χ0v) is 25.7. The van der Waals surface area contributed by atoms with Crippen LogP contribution in [0.15, 0.2) is 83.0 Å². The number of nitrogens with zero attached hydrogens (tertiary/aromatic N) is 7. The maximum atomic E-state index is 14.3. The minimum Gasteiger partial charge on any atom is -0.381 e. The average molecular weight is 637 g/mol. The van der Waals surface area contributed by atoms with Crippen molar-refractivity contribution in [3.63, 3.8) is 0 Å². The van der Waals surface area contributed by atoms with Crippen molar-refractivity contribution in [2.45, 2.75) is 30.3 Å². The van der Waals surface area contributed by atoms with Gasteiger partial charge in [-0.15, -0.1) is 5.10 Å². The number of nitrogen functional groups attached to an aromatic ring is 1. The van der Waals surface area contributed by atoms with Crippen LogP contribution in [0, 0.1) is 11.8 Å². The largest absolute Gasteiger partial charge is 0.381 e. The van der Waals surface area contributed by atoms with Gasteiger partial charge in [0.25, 0.3) is 11.5 Å². The molecule has 0 bridgehead atoms. The maximum Gasteiger partial charge on any atom is 0.267 e. The number of nitrogens with one attached hydrogen (secondary N) is 1. The first-order valence-corrected chi connectivity index (χ1v) is 15.6. The number of hydrogen-bond acceptors (Lipinski definition) is 10. The van der Waals surface area contributed by atoms with Gasteiger partial charge in [0, 0.05) is 25.0 Å². The second-order valence-electron chi connectivity index (χ2n) is 10.5. The highest BCUT2D eigenvalue weighted by Crippen LogP contribution is 2.23. The van der Waals surface area contributed by atoms with Crippen molar-refractivity contribution in [3.8, 4) is 17.5 Å². The minimum absolute atomic E-state index is 0.00373. The van der Waals surface area contributed by atoms with Crippen LogP contribution in [-0.2, 0) is 16.9 Å². The van der Waals surface area contributed by atoms with Crippen LogP contribution in [0.3, 0.4) is 0 Å². The minimum atomic E-state index is -3.90. The normalized spacial score (nSPS) is 12.9. The monoisotopic (exact) mass is 636 g/mol. The van der Waals surface area contributed by atoms with E-state index in [1.807, 2.05) is 6.07 Å². The molecule has 2 aromatic carbocycles. The van der Waals surface area contributed by atoms with Gasteiger partial charge in [-0.1, -0.05) is 36.1 Å². The van der Waals surface area contributed by atoms with E-state index in [4.69, 9.17) is 16.5 Å². The Labute approximate surface area is 262 Å². The van der Waals surface area contributed by atoms with Crippen LogP contribution in [0.2, 0.25) is 0 Å². The molecule has 15 heteroatoms. The van der Waals surface area contributed by atoms with Crippen LogP contribution in [0.1, 0.15) is 47.2 Å². The highest BCUT2D eigenvalue weighted by Gasteiger charge is 2.27. The molecule has 1 unspecified atom stereocenters. The summed E-state index contributed by atoms with van der Waals surface area (Å²) in [5.41, 5.74) is 13.0. The average Bonchev–Trinajstić information content (AvgIpc) is 3.58. The van der Waals surface area contributed by atoms with Gasteiger partial charge in [-0.25, -0.2) is 22.9 Å². The van der Waals surface area contributed by atoms with Crippen molar-refractivity contribution in [2.24, 2.45) is 12.8 Å². The number of rotatable bonds is 6. The first-order chi connectivity index (χ1) is 22.0. The third kappa shape index (κ3) is 5.15. The molecule has 0 aliphatic carbocycles. The van der Waals surface area contributed by atoms with E-state index in [0.717, 1.165) is 0 Å². The van der Waals surface area contributed by atoms with Gasteiger partial charge in [-0.05, 0) is 44.2 Å². The molecule has 46 heavy (non-hydrogen) atoms. The highest BCUT2D eigenvalue weighted by molar-refractivity contribution is 7.92. The van der Waals surface area contributed by atoms with Gasteiger partial charge in [0.15, 0.2) is 16.5 Å². The molecule has 0 fully saturated rings. The first-order valence-electron chi connectivity index (χ1n) is 14.0. The number of fused-ring (bicyclic) bond motifs is 2. The van der Waals surface area contributed by atoms with E-state index in [0.29, 0.717) is 16.8 Å². The smallest absolute Gasteiger partial charge is 0.267 e. The summed E-state index contributed by atoms with van der Waals surface area (Å²) in [7, 11) is -2.41. The molecule has 0 aliphatic heterocycles. The molecule has 0 radical (unpaired) electrons. The standard InChI is InChI=1S/C31H28N10O4S/c1-18(36-29(42)25-26(33)38-40-16-8-15-34-28(25)40)27-37-23-12-7-9-20(24(23)30(43)41(27)22-10-5-4-6-11-22)13-14-21-17-35-39(3)31(21)46(44,45)19(2)32/h4-12,15-19H,32H2,1-3H3,(H2,33,38)(H,36,42)/t18-,19?/m0/s1. The quantitative estimate of drug-likeness (QED) is 0.226. The Bertz CT molecular complexity index is 2380. The van der Waals surface area contributed by atoms with Crippen LogP contribution in [0.25, 0.3) is 22.2 Å². The molecule has 14 nitrogen and oxygen atoms in total. The summed E-state index contributed by atoms with van der Waals surface area (Å²) in [6.45, 7) is 3.07. The number of benzene rings is 2. The van der Waals surface area contributed by atoms with Crippen molar-refractivity contribution >= 4 is 38.1 Å². The maximum absolute atomic E-state index is 14.3. The summed E-state index contributed by atoms with van der Waals surface area (Å²) >= 11 is 0. The number of hydrogen-bond donors (Lipinski definition) is 3. The van der Waals surface area contributed by atoms with E-state index in [1.54, 1.807) is 61.7 Å². The van der Waals surface area contributed by atoms with Gasteiger partial charge >= 0.3 is 0 Å². The Balaban J connectivity index is 1.48. The molecule has 6 rings (SSSR count). The lowest BCUT2D eigenvalue weighted by Crippen LogP contribution is -2.33. The molecule has 0 saturated carbocycles. The zero-order chi connectivity index (χ0) is 32.7. The lowest BCUT2D eigenvalue weighted by Gasteiger charge is -2.20. The number of carbonyl (C=O) groups is 1. The van der Waals surface area contributed by atoms with E-state index in [2.05, 4.69) is 32.3 Å². The molecule has 4 aromatic heterocycles. The SMILES string of the molecule is CC(N)S(=O)(=O)c1c(C#Cc2cccc3nc([C@H](C)NC(=O)c4c(N)nn5cccnc45)n(-c4ccccc4)c(=O)c23)cnn1C. The van der Waals surface area contributed by atoms with E-state index < -0.39 is 32.7 Å². The highest BCUT2D eigenvalue weighted by atomic mass is 32.2. The van der Waals surface area contributed by atoms with Crippen molar-refractivity contribution in [1.29, 1.82) is 0 Å². The van der Waals surface area contributed by atoms with Crippen molar-refractivity contribution < 1.29 is 13.2 Å². The van der Waals surface area contributed by atoms with E-state index in [1.165, 1.54) is 40.1 Å². The van der Waals surface area contributed by atoms with Crippen LogP contribution in [0.4, 0.5) is 5.82 Å². The van der Waals surface area contributed by atoms with Gasteiger partial charge in [-0.2, -0.15) is 5.10 Å². The molecule has 4 heterocycles. The van der Waals surface area contributed by atoms with E-state index in [9.17, 15) is 18.0 Å². The summed E-state index contributed by atoms with van der Waals surface area (Å²) in [5.74, 6) is 5.53. The number of nitrogens with two attached hydrogens (primary N) is 2. The third-order valence-electron chi connectivity index (χ3n) is 7.30. The molecule has 0 spiro atoms. The lowest BCUT2D eigenvalue weighted by molar-refractivity contribution is 0.0940. The first kappa shape index (κ1) is 30.2. The summed E-state index contributed by atoms with van der Waals surface area (Å²) in [6, 6.07) is 14.7. The topological polar surface area (TPSA) is 198 Å². The molecule has 5 N–H and O–H groups in total. The number of sulfone groups is 1. The second-order valence-corrected chi connectivity index (χ2v) is 12.7. The fraction of sp³-hybridized carbons (Fsp3) is 0.161. The molecule has 6 aromatic rings. The van der Waals surface area contributed by atoms with Crippen LogP contribution in [-0.4, -0.2) is 53.6 Å². The van der Waals surface area contributed by atoms with Gasteiger partial charge in [0.05, 0.1) is 34.4 Å². The van der Waals surface area contributed by atoms with Crippen molar-refractivity contribution in [2.75, 3.05) is 5.73 Å². The molecule has 0 aliphatic rings. The Morgan fingerprint density at radius 3 is 2.50 bits per heavy atom. The van der Waals surface area contributed by atoms with Crippen molar-refractivity contribution in [1.82, 2.24) is 39.2 Å². The number of carbonyl (C=O) groups excluding carboxylic acids is 1. The molecule has 0 saturated heterocycles. The van der Waals surface area contributed by atoms with E-state index >= 15 is 0 Å². The third-order valence-corrected chi connectivity index (χ3v) is 9.30. The van der Waals surface area contributed by atoms with Crippen molar-refractivity contribution in [3.05, 3.63) is 106 Å². The molecular weight excluding hydrogens is 608 g/mol. The second kappa shape index (κ2) is 11.6. The Morgan fingerprint density at radius 2 is 1.76 bits per heavy atom. The lowest BCUT2D eigenvalue weighted by atomic mass is 10.1. The summed E-state index contributed by atoms with van der Waals surface area (Å²) in [5, 5.41) is 10.0. The van der Waals surface area contributed by atoms with Gasteiger partial charge < -0.3 is 16.8 Å².